The van der Waals surface area contributed by atoms with Crippen LogP contribution in [0.3, 0.4) is 0 Å². The summed E-state index contributed by atoms with van der Waals surface area (Å²) in [5.41, 5.74) is 0.101. The third kappa shape index (κ3) is 3.76. The molecule has 0 bridgehead atoms. The van der Waals surface area contributed by atoms with Gasteiger partial charge in [-0.05, 0) is 54.6 Å². The van der Waals surface area contributed by atoms with E-state index in [1.54, 1.807) is 24.3 Å². The van der Waals surface area contributed by atoms with Crippen molar-refractivity contribution in [3.8, 4) is 11.5 Å². The lowest BCUT2D eigenvalue weighted by Gasteiger charge is -2.08. The Labute approximate surface area is 137 Å². The lowest BCUT2D eigenvalue weighted by Crippen LogP contribution is -2.14. The van der Waals surface area contributed by atoms with Gasteiger partial charge in [-0.25, -0.2) is 8.78 Å². The molecule has 0 aromatic heterocycles. The summed E-state index contributed by atoms with van der Waals surface area (Å²) in [4.78, 5) is 12.0. The quantitative estimate of drug-likeness (QED) is 0.732. The zero-order valence-corrected chi connectivity index (χ0v) is 12.5. The van der Waals surface area contributed by atoms with Crippen molar-refractivity contribution in [2.45, 2.75) is 0 Å². The van der Waals surface area contributed by atoms with Crippen molar-refractivity contribution in [2.75, 3.05) is 5.32 Å². The van der Waals surface area contributed by atoms with E-state index in [0.29, 0.717) is 17.2 Å². The molecule has 0 fully saturated rings. The Morgan fingerprint density at radius 1 is 0.833 bits per heavy atom. The summed E-state index contributed by atoms with van der Waals surface area (Å²) in [6.07, 6.45) is 0. The van der Waals surface area contributed by atoms with Crippen LogP contribution in [0.1, 0.15) is 10.4 Å². The molecular weight excluding hydrogens is 312 g/mol. The van der Waals surface area contributed by atoms with Gasteiger partial charge >= 0.3 is 0 Å². The molecule has 5 heteroatoms. The van der Waals surface area contributed by atoms with Crippen LogP contribution in [0.5, 0.6) is 11.5 Å². The number of nitrogens with one attached hydrogen (secondary N) is 1. The molecule has 0 unspecified atom stereocenters. The fourth-order valence-electron chi connectivity index (χ4n) is 2.10. The third-order valence-electron chi connectivity index (χ3n) is 3.26. The Hall–Kier alpha value is -3.21. The minimum atomic E-state index is -0.780. The molecule has 3 rings (SSSR count). The number of ether oxygens (including phenoxy) is 1. The molecule has 1 N–H and O–H groups in total. The Kier molecular flexibility index (Phi) is 4.52. The first-order chi connectivity index (χ1) is 11.6. The summed E-state index contributed by atoms with van der Waals surface area (Å²) in [7, 11) is 0. The summed E-state index contributed by atoms with van der Waals surface area (Å²) < 4.78 is 32.4. The van der Waals surface area contributed by atoms with Gasteiger partial charge in [0, 0.05) is 5.69 Å². The van der Waals surface area contributed by atoms with Crippen LogP contribution in [-0.4, -0.2) is 5.91 Å². The minimum Gasteiger partial charge on any atom is -0.457 e. The topological polar surface area (TPSA) is 38.3 Å². The van der Waals surface area contributed by atoms with Gasteiger partial charge in [0.25, 0.3) is 5.91 Å². The van der Waals surface area contributed by atoms with Crippen LogP contribution in [0.25, 0.3) is 0 Å². The fourth-order valence-corrected chi connectivity index (χ4v) is 2.10. The van der Waals surface area contributed by atoms with Gasteiger partial charge in [0.05, 0.1) is 5.56 Å². The number of hydrogen-bond donors (Lipinski definition) is 1. The largest absolute Gasteiger partial charge is 0.457 e. The second kappa shape index (κ2) is 6.91. The van der Waals surface area contributed by atoms with Crippen molar-refractivity contribution >= 4 is 11.6 Å². The van der Waals surface area contributed by atoms with E-state index in [1.165, 1.54) is 0 Å². The highest BCUT2D eigenvalue weighted by atomic mass is 19.1. The van der Waals surface area contributed by atoms with Crippen molar-refractivity contribution in [2.24, 2.45) is 0 Å². The van der Waals surface area contributed by atoms with Gasteiger partial charge in [-0.3, -0.25) is 4.79 Å². The standard InChI is InChI=1S/C19H13F2NO2/c20-13-6-11-18(21)17(12-13)19(23)22-14-7-9-16(10-8-14)24-15-4-2-1-3-5-15/h1-12H,(H,22,23). The number of halogens is 2. The molecule has 3 aromatic carbocycles. The van der Waals surface area contributed by atoms with E-state index < -0.39 is 17.5 Å². The Bertz CT molecular complexity index is 849. The van der Waals surface area contributed by atoms with Crippen molar-refractivity contribution in [3.05, 3.63) is 90.0 Å². The number of carbonyl (C=O) groups is 1. The van der Waals surface area contributed by atoms with Gasteiger partial charge in [-0.1, -0.05) is 18.2 Å². The summed E-state index contributed by atoms with van der Waals surface area (Å²) in [6, 6.07) is 18.6. The molecule has 0 saturated heterocycles. The Morgan fingerprint density at radius 2 is 1.50 bits per heavy atom. The molecule has 0 aliphatic heterocycles. The molecule has 3 nitrogen and oxygen atoms in total. The van der Waals surface area contributed by atoms with Crippen LogP contribution in [-0.2, 0) is 0 Å². The molecule has 0 heterocycles. The number of anilines is 1. The highest BCUT2D eigenvalue weighted by molar-refractivity contribution is 6.04. The number of rotatable bonds is 4. The molecule has 0 saturated carbocycles. The predicted octanol–water partition coefficient (Wildman–Crippen LogP) is 5.01. The lowest BCUT2D eigenvalue weighted by atomic mass is 10.2. The smallest absolute Gasteiger partial charge is 0.258 e. The second-order valence-corrected chi connectivity index (χ2v) is 5.02. The van der Waals surface area contributed by atoms with Gasteiger partial charge in [-0.2, -0.15) is 0 Å². The van der Waals surface area contributed by atoms with E-state index in [1.807, 2.05) is 30.3 Å². The maximum absolute atomic E-state index is 13.6. The second-order valence-electron chi connectivity index (χ2n) is 5.02. The summed E-state index contributed by atoms with van der Waals surface area (Å²) in [5.74, 6) is -0.887. The number of benzene rings is 3. The van der Waals surface area contributed by atoms with Crippen LogP contribution >= 0.6 is 0 Å². The third-order valence-corrected chi connectivity index (χ3v) is 3.26. The fraction of sp³-hybridized carbons (Fsp3) is 0. The van der Waals surface area contributed by atoms with E-state index in [-0.39, 0.29) is 5.56 Å². The molecule has 120 valence electrons. The van der Waals surface area contributed by atoms with E-state index in [4.69, 9.17) is 4.74 Å². The highest BCUT2D eigenvalue weighted by Crippen LogP contribution is 2.23. The van der Waals surface area contributed by atoms with Gasteiger partial charge < -0.3 is 10.1 Å². The first-order valence-electron chi connectivity index (χ1n) is 7.21. The zero-order valence-electron chi connectivity index (χ0n) is 12.5. The van der Waals surface area contributed by atoms with Crippen LogP contribution in [0.4, 0.5) is 14.5 Å². The van der Waals surface area contributed by atoms with E-state index in [2.05, 4.69) is 5.32 Å². The SMILES string of the molecule is O=C(Nc1ccc(Oc2ccccc2)cc1)c1cc(F)ccc1F. The maximum Gasteiger partial charge on any atom is 0.258 e. The Morgan fingerprint density at radius 3 is 2.21 bits per heavy atom. The molecule has 3 aromatic rings. The molecule has 0 spiro atoms. The minimum absolute atomic E-state index is 0.348. The van der Waals surface area contributed by atoms with Crippen LogP contribution < -0.4 is 10.1 Å². The number of hydrogen-bond acceptors (Lipinski definition) is 2. The highest BCUT2D eigenvalue weighted by Gasteiger charge is 2.13. The van der Waals surface area contributed by atoms with Gasteiger partial charge in [0.15, 0.2) is 0 Å². The summed E-state index contributed by atoms with van der Waals surface area (Å²) in [5, 5.41) is 2.52. The monoisotopic (exact) mass is 325 g/mol. The van der Waals surface area contributed by atoms with E-state index in [9.17, 15) is 13.6 Å². The summed E-state index contributed by atoms with van der Waals surface area (Å²) in [6.45, 7) is 0. The van der Waals surface area contributed by atoms with Crippen LogP contribution in [0, 0.1) is 11.6 Å². The molecule has 0 atom stereocenters. The average molecular weight is 325 g/mol. The molecule has 24 heavy (non-hydrogen) atoms. The van der Waals surface area contributed by atoms with Crippen molar-refractivity contribution < 1.29 is 18.3 Å². The van der Waals surface area contributed by atoms with Crippen LogP contribution in [0.15, 0.2) is 72.8 Å². The average Bonchev–Trinajstić information content (AvgIpc) is 2.59. The lowest BCUT2D eigenvalue weighted by molar-refractivity contribution is 0.102. The van der Waals surface area contributed by atoms with Crippen LogP contribution in [0.2, 0.25) is 0 Å². The molecule has 0 radical (unpaired) electrons. The van der Waals surface area contributed by atoms with Crippen molar-refractivity contribution in [1.82, 2.24) is 0 Å². The van der Waals surface area contributed by atoms with Gasteiger partial charge in [0.2, 0.25) is 0 Å². The normalized spacial score (nSPS) is 10.2. The van der Waals surface area contributed by atoms with Crippen molar-refractivity contribution in [1.29, 1.82) is 0 Å². The number of para-hydroxylation sites is 1. The molecular formula is C19H13F2NO2. The number of amides is 1. The first kappa shape index (κ1) is 15.7. The predicted molar refractivity (Wildman–Crippen MR) is 87.3 cm³/mol. The van der Waals surface area contributed by atoms with Gasteiger partial charge in [-0.15, -0.1) is 0 Å². The van der Waals surface area contributed by atoms with Gasteiger partial charge in [0.1, 0.15) is 23.1 Å². The Balaban J connectivity index is 1.70. The zero-order chi connectivity index (χ0) is 16.9. The van der Waals surface area contributed by atoms with Crippen molar-refractivity contribution in [3.63, 3.8) is 0 Å². The van der Waals surface area contributed by atoms with E-state index in [0.717, 1.165) is 18.2 Å². The first-order valence-corrected chi connectivity index (χ1v) is 7.21. The summed E-state index contributed by atoms with van der Waals surface area (Å²) >= 11 is 0. The number of carbonyl (C=O) groups excluding carboxylic acids is 1. The molecule has 1 amide bonds. The van der Waals surface area contributed by atoms with E-state index >= 15 is 0 Å². The maximum atomic E-state index is 13.6. The molecule has 0 aliphatic rings. The molecule has 0 aliphatic carbocycles.